The van der Waals surface area contributed by atoms with Gasteiger partial charge in [-0.05, 0) is 49.9 Å². The Labute approximate surface area is 253 Å². The number of methoxy groups -OCH3 is 5. The summed E-state index contributed by atoms with van der Waals surface area (Å²) in [6.45, 7) is 4.43. The topological polar surface area (TPSA) is 116 Å². The second kappa shape index (κ2) is 10.3. The van der Waals surface area contributed by atoms with E-state index in [4.69, 9.17) is 28.4 Å². The summed E-state index contributed by atoms with van der Waals surface area (Å²) >= 11 is 0. The standard InChI is InChI=1S/C33H47NO9/c1-7-34-15-31(16-38-2)11-10-23(35)33-19-13-18-22(41-5)14-32(37,25(29(33)34)27(42-6)28(31)33)24(19)26(18)43-30(36)17-8-9-20(39-3)21(12-17)40-4/h8-9,12,18-19,22-29,35,37H,7,10-11,13-16H2,1-6H3/t18-,19-,22+,23+,24-,25-,26+,27+,28-,29?,31+,32-,33+/m1/s1. The molecule has 5 saturated carbocycles. The van der Waals surface area contributed by atoms with Crippen molar-refractivity contribution in [1.29, 1.82) is 0 Å². The van der Waals surface area contributed by atoms with Crippen molar-refractivity contribution < 1.29 is 43.4 Å². The number of aliphatic hydroxyl groups excluding tert-OH is 1. The van der Waals surface area contributed by atoms with Crippen LogP contribution in [0.25, 0.3) is 0 Å². The molecule has 1 aromatic carbocycles. The molecular formula is C33H47NO9. The van der Waals surface area contributed by atoms with Crippen LogP contribution in [0.4, 0.5) is 0 Å². The maximum atomic E-state index is 13.8. The highest BCUT2D eigenvalue weighted by molar-refractivity contribution is 5.90. The van der Waals surface area contributed by atoms with E-state index in [1.54, 1.807) is 46.6 Å². The lowest BCUT2D eigenvalue weighted by molar-refractivity contribution is -0.272. The second-order valence-corrected chi connectivity index (χ2v) is 14.0. The van der Waals surface area contributed by atoms with Gasteiger partial charge in [-0.3, -0.25) is 4.90 Å². The third-order valence-electron chi connectivity index (χ3n) is 13.0. The summed E-state index contributed by atoms with van der Waals surface area (Å²) in [4.78, 5) is 16.3. The summed E-state index contributed by atoms with van der Waals surface area (Å²) < 4.78 is 35.7. The van der Waals surface area contributed by atoms with E-state index in [0.717, 1.165) is 19.5 Å². The minimum Gasteiger partial charge on any atom is -0.493 e. The van der Waals surface area contributed by atoms with Gasteiger partial charge in [0.2, 0.25) is 0 Å². The zero-order chi connectivity index (χ0) is 30.5. The van der Waals surface area contributed by atoms with Crippen molar-refractivity contribution in [3.05, 3.63) is 23.8 Å². The van der Waals surface area contributed by atoms with Crippen molar-refractivity contribution >= 4 is 5.97 Å². The molecule has 1 aromatic rings. The summed E-state index contributed by atoms with van der Waals surface area (Å²) in [5.74, 6) is -0.258. The average molecular weight is 602 g/mol. The number of piperidine rings is 1. The molecule has 13 atom stereocenters. The molecule has 43 heavy (non-hydrogen) atoms. The lowest BCUT2D eigenvalue weighted by Crippen LogP contribution is -2.76. The van der Waals surface area contributed by atoms with Gasteiger partial charge in [-0.15, -0.1) is 0 Å². The van der Waals surface area contributed by atoms with Crippen LogP contribution in [0.2, 0.25) is 0 Å². The zero-order valence-electron chi connectivity index (χ0n) is 26.2. The molecule has 1 aliphatic heterocycles. The molecule has 10 nitrogen and oxygen atoms in total. The molecule has 2 N–H and O–H groups in total. The Hall–Kier alpha value is -1.95. The summed E-state index contributed by atoms with van der Waals surface area (Å²) in [7, 11) is 8.29. The lowest BCUT2D eigenvalue weighted by Gasteiger charge is -2.68. The zero-order valence-corrected chi connectivity index (χ0v) is 26.2. The van der Waals surface area contributed by atoms with Crippen LogP contribution in [0.3, 0.4) is 0 Å². The second-order valence-electron chi connectivity index (χ2n) is 14.0. The number of likely N-dealkylation sites (tertiary alicyclic amines) is 1. The van der Waals surface area contributed by atoms with Crippen molar-refractivity contribution in [1.82, 2.24) is 4.90 Å². The van der Waals surface area contributed by atoms with Crippen molar-refractivity contribution in [2.45, 2.75) is 68.7 Å². The van der Waals surface area contributed by atoms with Gasteiger partial charge in [0.05, 0.1) is 50.3 Å². The minimum absolute atomic E-state index is 0.0214. The average Bonchev–Trinajstić information content (AvgIpc) is 3.45. The third kappa shape index (κ3) is 3.59. The fraction of sp³-hybridized carbons (Fsp3) is 0.788. The fourth-order valence-electron chi connectivity index (χ4n) is 12.0. The van der Waals surface area contributed by atoms with Crippen molar-refractivity contribution in [3.63, 3.8) is 0 Å². The van der Waals surface area contributed by atoms with E-state index in [9.17, 15) is 15.0 Å². The van der Waals surface area contributed by atoms with E-state index in [0.29, 0.717) is 42.9 Å². The first-order chi connectivity index (χ1) is 20.7. The van der Waals surface area contributed by atoms with Gasteiger partial charge in [-0.2, -0.15) is 0 Å². The quantitative estimate of drug-likeness (QED) is 0.409. The number of fused-ring (bicyclic) bond motifs is 2. The van der Waals surface area contributed by atoms with Crippen LogP contribution in [0.1, 0.15) is 43.0 Å². The van der Waals surface area contributed by atoms with Gasteiger partial charge in [0.1, 0.15) is 6.10 Å². The summed E-state index contributed by atoms with van der Waals surface area (Å²) in [5, 5.41) is 25.4. The number of ether oxygens (including phenoxy) is 6. The van der Waals surface area contributed by atoms with Crippen LogP contribution in [0.15, 0.2) is 18.2 Å². The molecule has 1 saturated heterocycles. The third-order valence-corrected chi connectivity index (χ3v) is 13.0. The molecule has 238 valence electrons. The van der Waals surface area contributed by atoms with Crippen LogP contribution < -0.4 is 9.47 Å². The number of hydrogen-bond donors (Lipinski definition) is 2. The van der Waals surface area contributed by atoms with Crippen molar-refractivity contribution in [2.24, 2.45) is 40.4 Å². The highest BCUT2D eigenvalue weighted by Crippen LogP contribution is 2.79. The Bertz CT molecular complexity index is 1260. The Kier molecular flexibility index (Phi) is 7.12. The largest absolute Gasteiger partial charge is 0.493 e. The van der Waals surface area contributed by atoms with E-state index in [-0.39, 0.29) is 53.3 Å². The molecule has 7 rings (SSSR count). The molecule has 0 radical (unpaired) electrons. The Morgan fingerprint density at radius 2 is 1.81 bits per heavy atom. The smallest absolute Gasteiger partial charge is 0.338 e. The molecule has 0 amide bonds. The molecule has 1 heterocycles. The predicted octanol–water partition coefficient (Wildman–Crippen LogP) is 2.38. The van der Waals surface area contributed by atoms with E-state index in [1.807, 2.05) is 0 Å². The summed E-state index contributed by atoms with van der Waals surface area (Å²) in [5.41, 5.74) is -1.56. The Morgan fingerprint density at radius 1 is 1.05 bits per heavy atom. The highest BCUT2D eigenvalue weighted by Gasteiger charge is 2.86. The first-order valence-electron chi connectivity index (χ1n) is 15.8. The molecule has 1 spiro atoms. The number of hydrogen-bond acceptors (Lipinski definition) is 10. The number of carbonyl (C=O) groups is 1. The van der Waals surface area contributed by atoms with Crippen LogP contribution in [0, 0.1) is 40.4 Å². The highest BCUT2D eigenvalue weighted by atomic mass is 16.6. The summed E-state index contributed by atoms with van der Waals surface area (Å²) in [6.07, 6.45) is 1.03. The molecule has 1 unspecified atom stereocenters. The maximum absolute atomic E-state index is 13.8. The molecule has 7 bridgehead atoms. The van der Waals surface area contributed by atoms with E-state index >= 15 is 0 Å². The lowest BCUT2D eigenvalue weighted by atomic mass is 9.43. The van der Waals surface area contributed by atoms with Gasteiger partial charge in [0, 0.05) is 74.8 Å². The van der Waals surface area contributed by atoms with Crippen LogP contribution in [-0.2, 0) is 18.9 Å². The first kappa shape index (κ1) is 29.7. The van der Waals surface area contributed by atoms with Gasteiger partial charge >= 0.3 is 5.97 Å². The van der Waals surface area contributed by atoms with E-state index in [1.165, 1.54) is 7.11 Å². The van der Waals surface area contributed by atoms with Gasteiger partial charge in [-0.1, -0.05) is 6.92 Å². The monoisotopic (exact) mass is 601 g/mol. The first-order valence-corrected chi connectivity index (χ1v) is 15.8. The van der Waals surface area contributed by atoms with Gasteiger partial charge < -0.3 is 38.6 Å². The number of carbonyl (C=O) groups excluding carboxylic acids is 1. The SMILES string of the molecule is CCN1C[C@]2(COC)CC[C@H](O)[C@]34C1[C@@H]([C@H](OC)[C@H]23)[C@@]1(O)C[C@H](OC)[C@H]2C[C@@H]4[C@@H]1[C@H]2OC(=O)c1ccc(OC)c(OC)c1. The molecule has 5 aliphatic carbocycles. The molecular weight excluding hydrogens is 554 g/mol. The molecule has 10 heteroatoms. The number of aliphatic hydroxyl groups is 2. The summed E-state index contributed by atoms with van der Waals surface area (Å²) in [6, 6.07) is 4.96. The number of esters is 1. The van der Waals surface area contributed by atoms with Gasteiger partial charge in [0.15, 0.2) is 11.5 Å². The van der Waals surface area contributed by atoms with Gasteiger partial charge in [-0.25, -0.2) is 4.79 Å². The molecule has 6 aliphatic rings. The molecule has 6 fully saturated rings. The number of rotatable bonds is 9. The van der Waals surface area contributed by atoms with Crippen LogP contribution >= 0.6 is 0 Å². The van der Waals surface area contributed by atoms with Crippen molar-refractivity contribution in [2.75, 3.05) is 55.2 Å². The van der Waals surface area contributed by atoms with E-state index in [2.05, 4.69) is 11.8 Å². The van der Waals surface area contributed by atoms with Crippen LogP contribution in [-0.4, -0.2) is 112 Å². The Morgan fingerprint density at radius 3 is 2.47 bits per heavy atom. The molecule has 0 aromatic heterocycles. The minimum atomic E-state index is -1.20. The Balaban J connectivity index is 1.36. The van der Waals surface area contributed by atoms with Crippen LogP contribution in [0.5, 0.6) is 11.5 Å². The fourth-order valence-corrected chi connectivity index (χ4v) is 12.0. The normalized spacial score (nSPS) is 47.3. The predicted molar refractivity (Wildman–Crippen MR) is 155 cm³/mol. The number of benzene rings is 1. The van der Waals surface area contributed by atoms with Gasteiger partial charge in [0.25, 0.3) is 0 Å². The van der Waals surface area contributed by atoms with E-state index < -0.39 is 29.2 Å². The van der Waals surface area contributed by atoms with Crippen molar-refractivity contribution in [3.8, 4) is 11.5 Å². The number of nitrogens with zero attached hydrogens (tertiary/aromatic N) is 1. The maximum Gasteiger partial charge on any atom is 0.338 e.